The summed E-state index contributed by atoms with van der Waals surface area (Å²) < 4.78 is 34.1. The van der Waals surface area contributed by atoms with E-state index < -0.39 is 10.0 Å². The Balaban J connectivity index is 0.00000312. The molecule has 0 atom stereocenters. The van der Waals surface area contributed by atoms with Gasteiger partial charge >= 0.3 is 0 Å². The lowest BCUT2D eigenvalue weighted by Gasteiger charge is -2.37. The summed E-state index contributed by atoms with van der Waals surface area (Å²) >= 11 is 0. The molecule has 1 saturated heterocycles. The number of hydrogen-bond acceptors (Lipinski definition) is 4. The predicted octanol–water partition coefficient (Wildman–Crippen LogP) is 2.70. The van der Waals surface area contributed by atoms with Crippen molar-refractivity contribution < 1.29 is 13.2 Å². The maximum Gasteiger partial charge on any atom is 0.240 e. The summed E-state index contributed by atoms with van der Waals surface area (Å²) in [6, 6.07) is 7.25. The smallest absolute Gasteiger partial charge is 0.240 e. The molecule has 0 saturated carbocycles. The number of hydrogen-bond donors (Lipinski definition) is 2. The molecule has 1 aromatic rings. The van der Waals surface area contributed by atoms with Gasteiger partial charge in [0.2, 0.25) is 10.0 Å². The number of sulfonamides is 1. The summed E-state index contributed by atoms with van der Waals surface area (Å²) in [5.41, 5.74) is 0.470. The van der Waals surface area contributed by atoms with E-state index in [9.17, 15) is 8.42 Å². The lowest BCUT2D eigenvalue weighted by molar-refractivity contribution is 0.0577. The van der Waals surface area contributed by atoms with Crippen LogP contribution in [0.15, 0.2) is 29.2 Å². The van der Waals surface area contributed by atoms with Gasteiger partial charge in [-0.2, -0.15) is 0 Å². The van der Waals surface area contributed by atoms with Gasteiger partial charge in [0.1, 0.15) is 0 Å². The molecule has 5 nitrogen and oxygen atoms in total. The average molecular weight is 391 g/mol. The normalized spacial score (nSPS) is 17.8. The summed E-state index contributed by atoms with van der Waals surface area (Å²) in [4.78, 5) is 0.374. The Kier molecular flexibility index (Phi) is 7.90. The lowest BCUT2D eigenvalue weighted by Crippen LogP contribution is -2.47. The number of halogens is 1. The van der Waals surface area contributed by atoms with Crippen LogP contribution in [0.3, 0.4) is 0 Å². The zero-order valence-corrected chi connectivity index (χ0v) is 17.2. The summed E-state index contributed by atoms with van der Waals surface area (Å²) in [5.74, 6) is 0. The first-order valence-electron chi connectivity index (χ1n) is 8.49. The van der Waals surface area contributed by atoms with E-state index in [0.29, 0.717) is 18.0 Å². The molecule has 1 aromatic carbocycles. The van der Waals surface area contributed by atoms with Crippen LogP contribution in [0, 0.1) is 5.41 Å². The highest BCUT2D eigenvalue weighted by Crippen LogP contribution is 2.31. The van der Waals surface area contributed by atoms with E-state index in [4.69, 9.17) is 4.74 Å². The van der Waals surface area contributed by atoms with Crippen molar-refractivity contribution in [1.82, 2.24) is 10.0 Å². The Morgan fingerprint density at radius 3 is 2.36 bits per heavy atom. The molecule has 2 rings (SSSR count). The molecule has 1 aliphatic rings. The van der Waals surface area contributed by atoms with Crippen LogP contribution in [0.1, 0.15) is 39.2 Å². The maximum absolute atomic E-state index is 12.9. The van der Waals surface area contributed by atoms with E-state index in [2.05, 4.69) is 10.0 Å². The molecule has 0 unspecified atom stereocenters. The van der Waals surface area contributed by atoms with Gasteiger partial charge in [-0.25, -0.2) is 13.1 Å². The van der Waals surface area contributed by atoms with Crippen molar-refractivity contribution in [3.05, 3.63) is 29.8 Å². The molecule has 7 heteroatoms. The summed E-state index contributed by atoms with van der Waals surface area (Å²) in [6.45, 7) is 8.84. The molecule has 0 bridgehead atoms. The Morgan fingerprint density at radius 1 is 1.20 bits per heavy atom. The lowest BCUT2D eigenvalue weighted by atomic mass is 9.80. The number of piperidine rings is 1. The SMILES string of the molecule is COCC1(CNS(=O)(=O)c2ccccc2C(C)(C)C)CCNCC1.Cl. The first-order chi connectivity index (χ1) is 11.2. The molecule has 1 heterocycles. The van der Waals surface area contributed by atoms with Crippen molar-refractivity contribution in [3.63, 3.8) is 0 Å². The monoisotopic (exact) mass is 390 g/mol. The van der Waals surface area contributed by atoms with Crippen molar-refractivity contribution in [2.45, 2.75) is 43.9 Å². The number of benzene rings is 1. The number of methoxy groups -OCH3 is 1. The molecular weight excluding hydrogens is 360 g/mol. The summed E-state index contributed by atoms with van der Waals surface area (Å²) in [7, 11) is -1.88. The predicted molar refractivity (Wildman–Crippen MR) is 104 cm³/mol. The minimum absolute atomic E-state index is 0. The van der Waals surface area contributed by atoms with Crippen LogP contribution in [0.5, 0.6) is 0 Å². The quantitative estimate of drug-likeness (QED) is 0.783. The molecule has 25 heavy (non-hydrogen) atoms. The summed E-state index contributed by atoms with van der Waals surface area (Å²) in [6.07, 6.45) is 1.81. The number of rotatable bonds is 6. The van der Waals surface area contributed by atoms with Crippen LogP contribution in [0.2, 0.25) is 0 Å². The van der Waals surface area contributed by atoms with Gasteiger partial charge < -0.3 is 10.1 Å². The molecule has 2 N–H and O–H groups in total. The third kappa shape index (κ3) is 5.66. The molecule has 0 aliphatic carbocycles. The van der Waals surface area contributed by atoms with Crippen LogP contribution in [0.4, 0.5) is 0 Å². The van der Waals surface area contributed by atoms with E-state index in [1.165, 1.54) is 0 Å². The second-order valence-electron chi connectivity index (χ2n) is 7.75. The van der Waals surface area contributed by atoms with E-state index in [1.807, 2.05) is 32.9 Å². The van der Waals surface area contributed by atoms with E-state index in [-0.39, 0.29) is 23.2 Å². The van der Waals surface area contributed by atoms with Gasteiger partial charge in [-0.15, -0.1) is 12.4 Å². The maximum atomic E-state index is 12.9. The van der Waals surface area contributed by atoms with Gasteiger partial charge in [0.25, 0.3) is 0 Å². The first kappa shape index (κ1) is 22.4. The van der Waals surface area contributed by atoms with Crippen molar-refractivity contribution >= 4 is 22.4 Å². The van der Waals surface area contributed by atoms with Crippen LogP contribution in [-0.4, -0.2) is 41.8 Å². The Labute approximate surface area is 158 Å². The van der Waals surface area contributed by atoms with Crippen LogP contribution >= 0.6 is 12.4 Å². The van der Waals surface area contributed by atoms with Crippen LogP contribution < -0.4 is 10.0 Å². The van der Waals surface area contributed by atoms with Crippen LogP contribution in [0.25, 0.3) is 0 Å². The fourth-order valence-electron chi connectivity index (χ4n) is 3.28. The van der Waals surface area contributed by atoms with Gasteiger partial charge in [-0.05, 0) is 43.0 Å². The highest BCUT2D eigenvalue weighted by Gasteiger charge is 2.34. The Hall–Kier alpha value is -0.660. The first-order valence-corrected chi connectivity index (χ1v) is 9.97. The minimum Gasteiger partial charge on any atom is -0.384 e. The third-order valence-electron chi connectivity index (χ3n) is 4.74. The average Bonchev–Trinajstić information content (AvgIpc) is 2.54. The number of nitrogens with one attached hydrogen (secondary N) is 2. The molecule has 1 aliphatic heterocycles. The molecule has 0 radical (unpaired) electrons. The minimum atomic E-state index is -3.56. The van der Waals surface area contributed by atoms with Crippen molar-refractivity contribution in [2.75, 3.05) is 33.4 Å². The standard InChI is InChI=1S/C18H30N2O3S.ClH/c1-17(2,3)15-7-5-6-8-16(15)24(21,22)20-13-18(14-23-4)9-11-19-12-10-18;/h5-8,19-20H,9-14H2,1-4H3;1H. The fraction of sp³-hybridized carbons (Fsp3) is 0.667. The molecule has 0 spiro atoms. The van der Waals surface area contributed by atoms with Gasteiger partial charge in [0, 0.05) is 19.1 Å². The van der Waals surface area contributed by atoms with Gasteiger partial charge in [-0.1, -0.05) is 39.0 Å². The van der Waals surface area contributed by atoms with E-state index >= 15 is 0 Å². The highest BCUT2D eigenvalue weighted by molar-refractivity contribution is 7.89. The topological polar surface area (TPSA) is 67.4 Å². The molecular formula is C18H31ClN2O3S. The fourth-order valence-corrected chi connectivity index (χ4v) is 4.86. The van der Waals surface area contributed by atoms with Crippen LogP contribution in [-0.2, 0) is 20.2 Å². The van der Waals surface area contributed by atoms with Gasteiger partial charge in [-0.3, -0.25) is 0 Å². The van der Waals surface area contributed by atoms with Crippen molar-refractivity contribution in [3.8, 4) is 0 Å². The largest absolute Gasteiger partial charge is 0.384 e. The highest BCUT2D eigenvalue weighted by atomic mass is 35.5. The Morgan fingerprint density at radius 2 is 1.80 bits per heavy atom. The molecule has 0 amide bonds. The second-order valence-corrected chi connectivity index (χ2v) is 9.49. The van der Waals surface area contributed by atoms with Gasteiger partial charge in [0.05, 0.1) is 11.5 Å². The zero-order valence-electron chi connectivity index (χ0n) is 15.6. The van der Waals surface area contributed by atoms with E-state index in [1.54, 1.807) is 19.2 Å². The van der Waals surface area contributed by atoms with Crippen molar-refractivity contribution in [2.24, 2.45) is 5.41 Å². The Bertz CT molecular complexity index is 645. The van der Waals surface area contributed by atoms with Crippen molar-refractivity contribution in [1.29, 1.82) is 0 Å². The van der Waals surface area contributed by atoms with Gasteiger partial charge in [0.15, 0.2) is 0 Å². The molecule has 144 valence electrons. The zero-order chi connectivity index (χ0) is 17.8. The van der Waals surface area contributed by atoms with E-state index in [0.717, 1.165) is 31.5 Å². The molecule has 1 fully saturated rings. The summed E-state index contributed by atoms with van der Waals surface area (Å²) in [5, 5.41) is 3.32. The number of ether oxygens (including phenoxy) is 1. The second kappa shape index (κ2) is 8.82. The molecule has 0 aromatic heterocycles. The third-order valence-corrected chi connectivity index (χ3v) is 6.20.